The molecule has 1 heterocycles. The Hall–Kier alpha value is -3.49. The van der Waals surface area contributed by atoms with E-state index in [1.807, 2.05) is 0 Å². The second kappa shape index (κ2) is 8.68. The predicted molar refractivity (Wildman–Crippen MR) is 97.0 cm³/mol. The summed E-state index contributed by atoms with van der Waals surface area (Å²) in [6.07, 6.45) is -2.18. The van der Waals surface area contributed by atoms with Crippen molar-refractivity contribution in [2.24, 2.45) is 4.99 Å². The zero-order valence-electron chi connectivity index (χ0n) is 15.2. The number of carbonyl (C=O) groups excluding carboxylic acids is 1. The predicted octanol–water partition coefficient (Wildman–Crippen LogP) is 4.41. The summed E-state index contributed by atoms with van der Waals surface area (Å²) in [7, 11) is 1.40. The minimum Gasteiger partial charge on any atom is -0.504 e. The summed E-state index contributed by atoms with van der Waals surface area (Å²) >= 11 is 0. The van der Waals surface area contributed by atoms with Crippen molar-refractivity contribution in [3.63, 3.8) is 0 Å². The SMILES string of the molecule is COC=CC(=O)Oc1ccccc1COC1=Nc2cc(C(F)(F)F)ccc2OC1. The summed E-state index contributed by atoms with van der Waals surface area (Å²) in [5.74, 6) is -0.0107. The molecule has 0 saturated carbocycles. The van der Waals surface area contributed by atoms with E-state index >= 15 is 0 Å². The largest absolute Gasteiger partial charge is 0.504 e. The highest BCUT2D eigenvalue weighted by atomic mass is 19.4. The molecular weight excluding hydrogens is 391 g/mol. The van der Waals surface area contributed by atoms with Crippen LogP contribution in [0.2, 0.25) is 0 Å². The lowest BCUT2D eigenvalue weighted by Gasteiger charge is -2.19. The Balaban J connectivity index is 1.72. The zero-order chi connectivity index (χ0) is 20.9. The van der Waals surface area contributed by atoms with Gasteiger partial charge in [0.1, 0.15) is 23.8 Å². The highest BCUT2D eigenvalue weighted by Gasteiger charge is 2.31. The summed E-state index contributed by atoms with van der Waals surface area (Å²) in [6, 6.07) is 9.73. The second-order valence-electron chi connectivity index (χ2n) is 5.83. The third kappa shape index (κ3) is 5.28. The lowest BCUT2D eigenvalue weighted by molar-refractivity contribution is -0.137. The van der Waals surface area contributed by atoms with Crippen LogP contribution in [0.3, 0.4) is 0 Å². The number of nitrogens with zero attached hydrogens (tertiary/aromatic N) is 1. The first-order valence-electron chi connectivity index (χ1n) is 8.40. The summed E-state index contributed by atoms with van der Waals surface area (Å²) in [4.78, 5) is 15.8. The van der Waals surface area contributed by atoms with Gasteiger partial charge >= 0.3 is 12.1 Å². The van der Waals surface area contributed by atoms with Crippen molar-refractivity contribution >= 4 is 17.6 Å². The first kappa shape index (κ1) is 20.2. The number of fused-ring (bicyclic) bond motifs is 1. The molecule has 1 aliphatic heterocycles. The van der Waals surface area contributed by atoms with Crippen molar-refractivity contribution in [1.82, 2.24) is 0 Å². The van der Waals surface area contributed by atoms with E-state index in [0.717, 1.165) is 18.2 Å². The molecule has 152 valence electrons. The van der Waals surface area contributed by atoms with E-state index < -0.39 is 17.7 Å². The molecule has 2 aromatic carbocycles. The van der Waals surface area contributed by atoms with Gasteiger partial charge in [0.05, 0.1) is 25.0 Å². The summed E-state index contributed by atoms with van der Waals surface area (Å²) in [5.41, 5.74) is -0.249. The van der Waals surface area contributed by atoms with Gasteiger partial charge in [0, 0.05) is 5.56 Å². The first-order chi connectivity index (χ1) is 13.9. The Morgan fingerprint density at radius 3 is 2.79 bits per heavy atom. The van der Waals surface area contributed by atoms with Crippen LogP contribution in [-0.4, -0.2) is 25.6 Å². The molecule has 0 spiro atoms. The number of ether oxygens (including phenoxy) is 4. The second-order valence-corrected chi connectivity index (χ2v) is 5.83. The number of hydrogen-bond acceptors (Lipinski definition) is 6. The van der Waals surface area contributed by atoms with Crippen LogP contribution in [0.4, 0.5) is 18.9 Å². The molecule has 9 heteroatoms. The van der Waals surface area contributed by atoms with Crippen LogP contribution in [-0.2, 0) is 27.1 Å². The standard InChI is InChI=1S/C20H16F3NO5/c1-26-9-8-19(25)29-16-5-3-2-4-13(16)11-28-18-12-27-17-7-6-14(20(21,22)23)10-15(17)24-18/h2-10H,11-12H2,1H3. The quantitative estimate of drug-likeness (QED) is 0.318. The fourth-order valence-electron chi connectivity index (χ4n) is 2.43. The molecule has 0 saturated heterocycles. The van der Waals surface area contributed by atoms with Gasteiger partial charge in [-0.3, -0.25) is 0 Å². The van der Waals surface area contributed by atoms with Crippen LogP contribution in [0.5, 0.6) is 11.5 Å². The lowest BCUT2D eigenvalue weighted by atomic mass is 10.1. The fraction of sp³-hybridized carbons (Fsp3) is 0.200. The Kier molecular flexibility index (Phi) is 6.06. The number of halogens is 3. The molecule has 0 fully saturated rings. The van der Waals surface area contributed by atoms with Crippen molar-refractivity contribution in [3.05, 3.63) is 65.9 Å². The number of carbonyl (C=O) groups is 1. The molecule has 0 unspecified atom stereocenters. The topological polar surface area (TPSA) is 66.4 Å². The van der Waals surface area contributed by atoms with E-state index in [0.29, 0.717) is 5.56 Å². The number of para-hydroxylation sites is 1. The van der Waals surface area contributed by atoms with Gasteiger partial charge in [0.2, 0.25) is 5.90 Å². The van der Waals surface area contributed by atoms with Crippen molar-refractivity contribution in [2.45, 2.75) is 12.8 Å². The van der Waals surface area contributed by atoms with Crippen LogP contribution >= 0.6 is 0 Å². The molecule has 29 heavy (non-hydrogen) atoms. The van der Waals surface area contributed by atoms with Gasteiger partial charge in [-0.2, -0.15) is 13.2 Å². The monoisotopic (exact) mass is 407 g/mol. The maximum Gasteiger partial charge on any atom is 0.416 e. The van der Waals surface area contributed by atoms with E-state index in [9.17, 15) is 18.0 Å². The minimum absolute atomic E-state index is 0.0199. The first-order valence-corrected chi connectivity index (χ1v) is 8.40. The highest BCUT2D eigenvalue weighted by Crippen LogP contribution is 2.38. The lowest BCUT2D eigenvalue weighted by Crippen LogP contribution is -2.19. The van der Waals surface area contributed by atoms with E-state index in [1.54, 1.807) is 24.3 Å². The summed E-state index contributed by atoms with van der Waals surface area (Å²) in [5, 5.41) is 0. The average molecular weight is 407 g/mol. The van der Waals surface area contributed by atoms with Gasteiger partial charge < -0.3 is 18.9 Å². The number of benzene rings is 2. The maximum absolute atomic E-state index is 12.9. The molecule has 0 N–H and O–H groups in total. The summed E-state index contributed by atoms with van der Waals surface area (Å²) in [6.45, 7) is -0.0508. The highest BCUT2D eigenvalue weighted by molar-refractivity contribution is 5.85. The van der Waals surface area contributed by atoms with Gasteiger partial charge in [-0.25, -0.2) is 9.79 Å². The van der Waals surface area contributed by atoms with E-state index in [4.69, 9.17) is 14.2 Å². The van der Waals surface area contributed by atoms with Crippen LogP contribution in [0.15, 0.2) is 59.8 Å². The fourth-order valence-corrected chi connectivity index (χ4v) is 2.43. The smallest absolute Gasteiger partial charge is 0.416 e. The molecule has 0 aromatic heterocycles. The number of alkyl halides is 3. The van der Waals surface area contributed by atoms with E-state index in [1.165, 1.54) is 19.4 Å². The van der Waals surface area contributed by atoms with Crippen LogP contribution in [0.1, 0.15) is 11.1 Å². The van der Waals surface area contributed by atoms with Gasteiger partial charge in [-0.1, -0.05) is 18.2 Å². The summed E-state index contributed by atoms with van der Waals surface area (Å²) < 4.78 is 59.5. The maximum atomic E-state index is 12.9. The van der Waals surface area contributed by atoms with E-state index in [2.05, 4.69) is 9.73 Å². The minimum atomic E-state index is -4.48. The van der Waals surface area contributed by atoms with Crippen LogP contribution < -0.4 is 9.47 Å². The number of esters is 1. The Morgan fingerprint density at radius 2 is 2.03 bits per heavy atom. The average Bonchev–Trinajstić information content (AvgIpc) is 2.70. The Morgan fingerprint density at radius 1 is 1.24 bits per heavy atom. The molecular formula is C20H16F3NO5. The molecule has 2 aromatic rings. The van der Waals surface area contributed by atoms with Crippen LogP contribution in [0.25, 0.3) is 0 Å². The van der Waals surface area contributed by atoms with Crippen molar-refractivity contribution < 1.29 is 36.9 Å². The van der Waals surface area contributed by atoms with Gasteiger partial charge in [-0.15, -0.1) is 0 Å². The number of aliphatic imine (C=N–C) groups is 1. The van der Waals surface area contributed by atoms with E-state index in [-0.39, 0.29) is 36.3 Å². The molecule has 0 aliphatic carbocycles. The third-order valence-corrected chi connectivity index (χ3v) is 3.80. The molecule has 0 amide bonds. The van der Waals surface area contributed by atoms with Gasteiger partial charge in [0.25, 0.3) is 0 Å². The Labute approximate surface area is 164 Å². The van der Waals surface area contributed by atoms with Gasteiger partial charge in [-0.05, 0) is 24.3 Å². The molecule has 3 rings (SSSR count). The number of methoxy groups -OCH3 is 1. The molecule has 0 bridgehead atoms. The normalized spacial score (nSPS) is 13.3. The third-order valence-electron chi connectivity index (χ3n) is 3.80. The van der Waals surface area contributed by atoms with Crippen molar-refractivity contribution in [1.29, 1.82) is 0 Å². The molecule has 0 radical (unpaired) electrons. The van der Waals surface area contributed by atoms with Gasteiger partial charge in [0.15, 0.2) is 6.61 Å². The zero-order valence-corrected chi connectivity index (χ0v) is 15.2. The van der Waals surface area contributed by atoms with Crippen LogP contribution in [0, 0.1) is 0 Å². The van der Waals surface area contributed by atoms with Crippen molar-refractivity contribution in [2.75, 3.05) is 13.7 Å². The van der Waals surface area contributed by atoms with Crippen molar-refractivity contribution in [3.8, 4) is 11.5 Å². The Bertz CT molecular complexity index is 953. The molecule has 0 atom stereocenters. The molecule has 1 aliphatic rings. The molecule has 6 nitrogen and oxygen atoms in total. The number of rotatable bonds is 5. The number of hydrogen-bond donors (Lipinski definition) is 0.